The van der Waals surface area contributed by atoms with Gasteiger partial charge in [-0.05, 0) is 36.2 Å². The SMILES string of the molecule is CCc1ccccc1-n1cnnc1SCC(=O)N(C)Cc1cc(Br)ccc1OC. The summed E-state index contributed by atoms with van der Waals surface area (Å²) in [6.07, 6.45) is 2.60. The predicted molar refractivity (Wildman–Crippen MR) is 119 cm³/mol. The molecule has 0 aliphatic rings. The molecule has 152 valence electrons. The fraction of sp³-hybridized carbons (Fsp3) is 0.286. The van der Waals surface area contributed by atoms with Crippen LogP contribution in [-0.2, 0) is 17.8 Å². The quantitative estimate of drug-likeness (QED) is 0.454. The van der Waals surface area contributed by atoms with Gasteiger partial charge in [-0.1, -0.05) is 52.8 Å². The zero-order valence-electron chi connectivity index (χ0n) is 16.6. The summed E-state index contributed by atoms with van der Waals surface area (Å²) < 4.78 is 8.29. The van der Waals surface area contributed by atoms with Crippen molar-refractivity contribution in [2.45, 2.75) is 25.0 Å². The van der Waals surface area contributed by atoms with Gasteiger partial charge in [0.15, 0.2) is 5.16 Å². The zero-order valence-corrected chi connectivity index (χ0v) is 19.0. The smallest absolute Gasteiger partial charge is 0.233 e. The van der Waals surface area contributed by atoms with Crippen LogP contribution in [0.2, 0.25) is 0 Å². The lowest BCUT2D eigenvalue weighted by molar-refractivity contribution is -0.127. The normalized spacial score (nSPS) is 10.8. The third-order valence-corrected chi connectivity index (χ3v) is 5.97. The van der Waals surface area contributed by atoms with Gasteiger partial charge in [-0.15, -0.1) is 10.2 Å². The molecule has 1 aromatic heterocycles. The van der Waals surface area contributed by atoms with Crippen LogP contribution in [0.4, 0.5) is 0 Å². The Morgan fingerprint density at radius 1 is 1.24 bits per heavy atom. The van der Waals surface area contributed by atoms with E-state index < -0.39 is 0 Å². The number of carbonyl (C=O) groups is 1. The Bertz CT molecular complexity index is 992. The monoisotopic (exact) mass is 474 g/mol. The lowest BCUT2D eigenvalue weighted by atomic mass is 10.1. The van der Waals surface area contributed by atoms with Crippen LogP contribution in [0.15, 0.2) is 58.4 Å². The molecule has 3 aromatic rings. The Labute approximate surface area is 183 Å². The fourth-order valence-corrected chi connectivity index (χ4v) is 4.25. The second-order valence-electron chi connectivity index (χ2n) is 6.46. The highest BCUT2D eigenvalue weighted by Gasteiger charge is 2.16. The van der Waals surface area contributed by atoms with Crippen molar-refractivity contribution in [1.29, 1.82) is 0 Å². The van der Waals surface area contributed by atoms with Gasteiger partial charge >= 0.3 is 0 Å². The van der Waals surface area contributed by atoms with Crippen molar-refractivity contribution in [1.82, 2.24) is 19.7 Å². The number of para-hydroxylation sites is 1. The molecule has 8 heteroatoms. The van der Waals surface area contributed by atoms with Gasteiger partial charge in [0.1, 0.15) is 12.1 Å². The molecule has 3 rings (SSSR count). The van der Waals surface area contributed by atoms with Gasteiger partial charge in [0.25, 0.3) is 0 Å². The van der Waals surface area contributed by atoms with Crippen LogP contribution >= 0.6 is 27.7 Å². The van der Waals surface area contributed by atoms with E-state index in [1.807, 2.05) is 41.0 Å². The average Bonchev–Trinajstić information content (AvgIpc) is 3.20. The molecule has 0 saturated heterocycles. The molecule has 0 atom stereocenters. The maximum atomic E-state index is 12.7. The number of amides is 1. The summed E-state index contributed by atoms with van der Waals surface area (Å²) in [6.45, 7) is 2.58. The molecule has 0 spiro atoms. The van der Waals surface area contributed by atoms with Crippen molar-refractivity contribution in [3.63, 3.8) is 0 Å². The summed E-state index contributed by atoms with van der Waals surface area (Å²) in [5.74, 6) is 1.05. The molecule has 29 heavy (non-hydrogen) atoms. The molecule has 0 aliphatic carbocycles. The van der Waals surface area contributed by atoms with Crippen LogP contribution in [0, 0.1) is 0 Å². The van der Waals surface area contributed by atoms with E-state index in [0.717, 1.165) is 27.9 Å². The number of rotatable bonds is 8. The van der Waals surface area contributed by atoms with E-state index in [0.29, 0.717) is 11.7 Å². The summed E-state index contributed by atoms with van der Waals surface area (Å²) in [4.78, 5) is 14.4. The third kappa shape index (κ3) is 5.19. The van der Waals surface area contributed by atoms with Crippen molar-refractivity contribution in [2.24, 2.45) is 0 Å². The second-order valence-corrected chi connectivity index (χ2v) is 8.32. The van der Waals surface area contributed by atoms with Crippen LogP contribution in [-0.4, -0.2) is 45.5 Å². The number of halogens is 1. The van der Waals surface area contributed by atoms with Gasteiger partial charge in [-0.2, -0.15) is 0 Å². The van der Waals surface area contributed by atoms with Crippen molar-refractivity contribution in [2.75, 3.05) is 19.9 Å². The molecule has 1 amide bonds. The van der Waals surface area contributed by atoms with E-state index in [4.69, 9.17) is 4.74 Å². The molecule has 0 radical (unpaired) electrons. The largest absolute Gasteiger partial charge is 0.496 e. The minimum atomic E-state index is 0.00959. The van der Waals surface area contributed by atoms with Gasteiger partial charge in [-0.25, -0.2) is 0 Å². The van der Waals surface area contributed by atoms with Crippen LogP contribution in [0.1, 0.15) is 18.1 Å². The molecule has 0 fully saturated rings. The lowest BCUT2D eigenvalue weighted by Gasteiger charge is -2.19. The van der Waals surface area contributed by atoms with E-state index in [1.165, 1.54) is 17.3 Å². The standard InChI is InChI=1S/C21H23BrN4O2S/c1-4-15-7-5-6-8-18(15)26-14-23-24-21(26)29-13-20(27)25(2)12-16-11-17(22)9-10-19(16)28-3/h5-11,14H,4,12-13H2,1-3H3. The number of ether oxygens (including phenoxy) is 1. The number of methoxy groups -OCH3 is 1. The minimum absolute atomic E-state index is 0.00959. The van der Waals surface area contributed by atoms with Crippen LogP contribution in [0.25, 0.3) is 5.69 Å². The number of hydrogen-bond acceptors (Lipinski definition) is 5. The van der Waals surface area contributed by atoms with E-state index in [1.54, 1.807) is 25.4 Å². The second kappa shape index (κ2) is 9.93. The highest BCUT2D eigenvalue weighted by molar-refractivity contribution is 9.10. The number of aryl methyl sites for hydroxylation is 1. The highest BCUT2D eigenvalue weighted by atomic mass is 79.9. The maximum absolute atomic E-state index is 12.7. The molecule has 2 aromatic carbocycles. The number of carbonyl (C=O) groups excluding carboxylic acids is 1. The molecule has 1 heterocycles. The van der Waals surface area contributed by atoms with Gasteiger partial charge in [0, 0.05) is 23.6 Å². The molecule has 0 saturated carbocycles. The number of hydrogen-bond donors (Lipinski definition) is 0. The van der Waals surface area contributed by atoms with Gasteiger partial charge in [0.05, 0.1) is 18.6 Å². The first-order valence-electron chi connectivity index (χ1n) is 9.21. The fourth-order valence-electron chi connectivity index (χ4n) is 2.98. The molecule has 6 nitrogen and oxygen atoms in total. The van der Waals surface area contributed by atoms with Crippen LogP contribution < -0.4 is 4.74 Å². The van der Waals surface area contributed by atoms with E-state index in [-0.39, 0.29) is 11.7 Å². The Morgan fingerprint density at radius 2 is 2.03 bits per heavy atom. The number of thioether (sulfide) groups is 1. The molecule has 0 bridgehead atoms. The van der Waals surface area contributed by atoms with Gasteiger partial charge in [-0.3, -0.25) is 9.36 Å². The predicted octanol–water partition coefficient (Wildman–Crippen LogP) is 4.35. The summed E-state index contributed by atoms with van der Waals surface area (Å²) in [5.41, 5.74) is 3.20. The van der Waals surface area contributed by atoms with Crippen molar-refractivity contribution in [3.8, 4) is 11.4 Å². The first kappa shape index (κ1) is 21.4. The Balaban J connectivity index is 1.68. The minimum Gasteiger partial charge on any atom is -0.496 e. The van der Waals surface area contributed by atoms with Crippen LogP contribution in [0.3, 0.4) is 0 Å². The van der Waals surface area contributed by atoms with Crippen molar-refractivity contribution >= 4 is 33.6 Å². The van der Waals surface area contributed by atoms with Crippen molar-refractivity contribution in [3.05, 3.63) is 64.4 Å². The molecule has 0 unspecified atom stereocenters. The first-order valence-corrected chi connectivity index (χ1v) is 11.0. The Morgan fingerprint density at radius 3 is 2.79 bits per heavy atom. The summed E-state index contributed by atoms with van der Waals surface area (Å²) in [7, 11) is 3.42. The third-order valence-electron chi connectivity index (χ3n) is 4.55. The molecular weight excluding hydrogens is 452 g/mol. The van der Waals surface area contributed by atoms with Gasteiger partial charge < -0.3 is 9.64 Å². The number of nitrogens with zero attached hydrogens (tertiary/aromatic N) is 4. The zero-order chi connectivity index (χ0) is 20.8. The topological polar surface area (TPSA) is 60.2 Å². The molecule has 0 N–H and O–H groups in total. The van der Waals surface area contributed by atoms with Crippen molar-refractivity contribution < 1.29 is 9.53 Å². The molecule has 0 aliphatic heterocycles. The average molecular weight is 475 g/mol. The van der Waals surface area contributed by atoms with E-state index >= 15 is 0 Å². The first-order chi connectivity index (χ1) is 14.0. The van der Waals surface area contributed by atoms with Gasteiger partial charge in [0.2, 0.25) is 5.91 Å². The summed E-state index contributed by atoms with van der Waals surface area (Å²) in [5, 5.41) is 8.95. The Hall–Kier alpha value is -2.32. The Kier molecular flexibility index (Phi) is 7.33. The van der Waals surface area contributed by atoms with Crippen LogP contribution in [0.5, 0.6) is 5.75 Å². The highest BCUT2D eigenvalue weighted by Crippen LogP contribution is 2.25. The number of aromatic nitrogens is 3. The summed E-state index contributed by atoms with van der Waals surface area (Å²) in [6, 6.07) is 13.9. The number of benzene rings is 2. The van der Waals surface area contributed by atoms with E-state index in [2.05, 4.69) is 39.1 Å². The lowest BCUT2D eigenvalue weighted by Crippen LogP contribution is -2.28. The molecular formula is C21H23BrN4O2S. The van der Waals surface area contributed by atoms with E-state index in [9.17, 15) is 4.79 Å². The summed E-state index contributed by atoms with van der Waals surface area (Å²) >= 11 is 4.86. The maximum Gasteiger partial charge on any atom is 0.233 e.